The van der Waals surface area contributed by atoms with Crippen LogP contribution in [0.3, 0.4) is 0 Å². The van der Waals surface area contributed by atoms with Gasteiger partial charge in [-0.2, -0.15) is 0 Å². The largest absolute Gasteiger partial charge is 0.469 e. The molecular weight excluding hydrogens is 230 g/mol. The molecule has 0 amide bonds. The van der Waals surface area contributed by atoms with Crippen LogP contribution in [0.5, 0.6) is 0 Å². The Labute approximate surface area is 107 Å². The smallest absolute Gasteiger partial charge is 0.306 e. The quantitative estimate of drug-likeness (QED) is 0.807. The number of nitrogens with two attached hydrogens (primary N) is 1. The molecule has 0 aliphatic heterocycles. The van der Waals surface area contributed by atoms with Gasteiger partial charge in [-0.15, -0.1) is 0 Å². The fraction of sp³-hybridized carbons (Fsp3) is 0.692. The lowest BCUT2D eigenvalue weighted by Gasteiger charge is -2.30. The second kappa shape index (κ2) is 4.72. The van der Waals surface area contributed by atoms with Crippen molar-refractivity contribution in [3.63, 3.8) is 0 Å². The minimum atomic E-state index is -0.485. The van der Waals surface area contributed by atoms with E-state index in [-0.39, 0.29) is 11.9 Å². The average molecular weight is 251 g/mol. The fourth-order valence-corrected chi connectivity index (χ4v) is 2.24. The van der Waals surface area contributed by atoms with E-state index in [1.807, 2.05) is 26.4 Å². The molecule has 5 nitrogen and oxygen atoms in total. The standard InChI is InChI=1S/C13H21N3O2/c1-13(2,14)10(6-12(17)18-3)11-7-15-8-16(11)9-4-5-9/h7-10H,4-6,14H2,1-3H3. The molecule has 1 aliphatic rings. The maximum Gasteiger partial charge on any atom is 0.306 e. The van der Waals surface area contributed by atoms with Crippen LogP contribution in [0.4, 0.5) is 0 Å². The zero-order valence-corrected chi connectivity index (χ0v) is 11.2. The van der Waals surface area contributed by atoms with Gasteiger partial charge in [-0.05, 0) is 26.7 Å². The molecular formula is C13H21N3O2. The lowest BCUT2D eigenvalue weighted by Crippen LogP contribution is -2.41. The lowest BCUT2D eigenvalue weighted by molar-refractivity contribution is -0.141. The Kier molecular flexibility index (Phi) is 3.43. The molecule has 1 aliphatic carbocycles. The van der Waals surface area contributed by atoms with Crippen LogP contribution in [0.25, 0.3) is 0 Å². The first kappa shape index (κ1) is 13.1. The number of aromatic nitrogens is 2. The molecule has 5 heteroatoms. The number of nitrogens with zero attached hydrogens (tertiary/aromatic N) is 2. The fourth-order valence-electron chi connectivity index (χ4n) is 2.24. The molecule has 1 unspecified atom stereocenters. The molecule has 18 heavy (non-hydrogen) atoms. The number of methoxy groups -OCH3 is 1. The van der Waals surface area contributed by atoms with E-state index in [1.54, 1.807) is 0 Å². The number of ether oxygens (including phenoxy) is 1. The summed E-state index contributed by atoms with van der Waals surface area (Å²) in [5.74, 6) is -0.310. The van der Waals surface area contributed by atoms with E-state index in [4.69, 9.17) is 10.5 Å². The second-order valence-electron chi connectivity index (χ2n) is 5.61. The van der Waals surface area contributed by atoms with Crippen LogP contribution >= 0.6 is 0 Å². The van der Waals surface area contributed by atoms with E-state index >= 15 is 0 Å². The summed E-state index contributed by atoms with van der Waals surface area (Å²) < 4.78 is 6.92. The molecule has 2 rings (SSSR count). The zero-order chi connectivity index (χ0) is 13.3. The van der Waals surface area contributed by atoms with Crippen LogP contribution in [0.2, 0.25) is 0 Å². The molecule has 0 bridgehead atoms. The van der Waals surface area contributed by atoms with Crippen molar-refractivity contribution in [3.8, 4) is 0 Å². The Morgan fingerprint density at radius 2 is 2.33 bits per heavy atom. The molecule has 100 valence electrons. The highest BCUT2D eigenvalue weighted by molar-refractivity contribution is 5.70. The van der Waals surface area contributed by atoms with Gasteiger partial charge in [0.2, 0.25) is 0 Å². The number of hydrogen-bond acceptors (Lipinski definition) is 4. The van der Waals surface area contributed by atoms with E-state index in [2.05, 4.69) is 9.55 Å². The van der Waals surface area contributed by atoms with Crippen LogP contribution < -0.4 is 5.73 Å². The first-order valence-electron chi connectivity index (χ1n) is 6.31. The second-order valence-corrected chi connectivity index (χ2v) is 5.61. The van der Waals surface area contributed by atoms with Crippen LogP contribution in [-0.4, -0.2) is 28.2 Å². The Morgan fingerprint density at radius 3 is 2.83 bits per heavy atom. The summed E-state index contributed by atoms with van der Waals surface area (Å²) >= 11 is 0. The van der Waals surface area contributed by atoms with Gasteiger partial charge in [-0.25, -0.2) is 4.98 Å². The summed E-state index contributed by atoms with van der Waals surface area (Å²) in [6.07, 6.45) is 6.31. The number of imidazole rings is 1. The molecule has 1 saturated carbocycles. The third-order valence-electron chi connectivity index (χ3n) is 3.49. The first-order valence-corrected chi connectivity index (χ1v) is 6.31. The van der Waals surface area contributed by atoms with E-state index in [1.165, 1.54) is 20.0 Å². The highest BCUT2D eigenvalue weighted by atomic mass is 16.5. The Bertz CT molecular complexity index is 430. The van der Waals surface area contributed by atoms with Gasteiger partial charge in [-0.3, -0.25) is 4.79 Å². The highest BCUT2D eigenvalue weighted by Crippen LogP contribution is 2.39. The van der Waals surface area contributed by atoms with Gasteiger partial charge in [-0.1, -0.05) is 0 Å². The van der Waals surface area contributed by atoms with Gasteiger partial charge >= 0.3 is 5.97 Å². The van der Waals surface area contributed by atoms with E-state index in [0.29, 0.717) is 12.5 Å². The van der Waals surface area contributed by atoms with Crippen molar-refractivity contribution < 1.29 is 9.53 Å². The van der Waals surface area contributed by atoms with Crippen molar-refractivity contribution in [2.75, 3.05) is 7.11 Å². The third kappa shape index (κ3) is 2.72. The maximum atomic E-state index is 11.6. The third-order valence-corrected chi connectivity index (χ3v) is 3.49. The van der Waals surface area contributed by atoms with E-state index < -0.39 is 5.54 Å². The molecule has 1 aromatic heterocycles. The van der Waals surface area contributed by atoms with Crippen molar-refractivity contribution in [1.82, 2.24) is 9.55 Å². The van der Waals surface area contributed by atoms with Gasteiger partial charge in [0.05, 0.1) is 19.9 Å². The van der Waals surface area contributed by atoms with E-state index in [0.717, 1.165) is 5.69 Å². The molecule has 1 atom stereocenters. The van der Waals surface area contributed by atoms with Gasteiger partial charge < -0.3 is 15.0 Å². The summed E-state index contributed by atoms with van der Waals surface area (Å²) in [6, 6.07) is 0.532. The highest BCUT2D eigenvalue weighted by Gasteiger charge is 2.35. The van der Waals surface area contributed by atoms with Crippen molar-refractivity contribution in [3.05, 3.63) is 18.2 Å². The number of carbonyl (C=O) groups is 1. The van der Waals surface area contributed by atoms with Crippen LogP contribution in [0, 0.1) is 0 Å². The zero-order valence-electron chi connectivity index (χ0n) is 11.2. The van der Waals surface area contributed by atoms with Crippen LogP contribution in [0.1, 0.15) is 50.8 Å². The van der Waals surface area contributed by atoms with Gasteiger partial charge in [0.1, 0.15) is 0 Å². The Hall–Kier alpha value is -1.36. The summed E-state index contributed by atoms with van der Waals surface area (Å²) in [6.45, 7) is 3.87. The number of carbonyl (C=O) groups excluding carboxylic acids is 1. The molecule has 1 aromatic rings. The molecule has 0 aromatic carbocycles. The Morgan fingerprint density at radius 1 is 1.67 bits per heavy atom. The Balaban J connectivity index is 2.27. The van der Waals surface area contributed by atoms with Crippen molar-refractivity contribution in [2.24, 2.45) is 5.73 Å². The van der Waals surface area contributed by atoms with Gasteiger partial charge in [0.25, 0.3) is 0 Å². The molecule has 1 heterocycles. The molecule has 0 radical (unpaired) electrons. The number of rotatable bonds is 5. The summed E-state index contributed by atoms with van der Waals surface area (Å²) in [5, 5.41) is 0. The predicted octanol–water partition coefficient (Wildman–Crippen LogP) is 1.60. The minimum Gasteiger partial charge on any atom is -0.469 e. The van der Waals surface area contributed by atoms with Crippen molar-refractivity contribution in [1.29, 1.82) is 0 Å². The summed E-state index contributed by atoms with van der Waals surface area (Å²) in [7, 11) is 1.40. The van der Waals surface area contributed by atoms with Crippen LogP contribution in [-0.2, 0) is 9.53 Å². The van der Waals surface area contributed by atoms with Gasteiger partial charge in [0.15, 0.2) is 0 Å². The number of esters is 1. The first-order chi connectivity index (χ1) is 8.43. The average Bonchev–Trinajstić information content (AvgIpc) is 3.03. The predicted molar refractivity (Wildman–Crippen MR) is 68.1 cm³/mol. The van der Waals surface area contributed by atoms with E-state index in [9.17, 15) is 4.79 Å². The van der Waals surface area contributed by atoms with Crippen LogP contribution in [0.15, 0.2) is 12.5 Å². The number of hydrogen-bond donors (Lipinski definition) is 1. The normalized spacial score (nSPS) is 17.6. The van der Waals surface area contributed by atoms with Crippen molar-refractivity contribution in [2.45, 2.75) is 50.6 Å². The van der Waals surface area contributed by atoms with Crippen molar-refractivity contribution >= 4 is 5.97 Å². The molecule has 1 fully saturated rings. The molecule has 2 N–H and O–H groups in total. The van der Waals surface area contributed by atoms with Gasteiger partial charge in [0, 0.05) is 29.4 Å². The molecule has 0 saturated heterocycles. The maximum absolute atomic E-state index is 11.6. The molecule has 0 spiro atoms. The topological polar surface area (TPSA) is 70.1 Å². The minimum absolute atomic E-state index is 0.0759. The summed E-state index contributed by atoms with van der Waals surface area (Å²) in [4.78, 5) is 15.8. The lowest BCUT2D eigenvalue weighted by atomic mass is 9.83. The summed E-state index contributed by atoms with van der Waals surface area (Å²) in [5.41, 5.74) is 6.77. The SMILES string of the molecule is COC(=O)CC(c1cncn1C1CC1)C(C)(C)N. The monoisotopic (exact) mass is 251 g/mol.